The van der Waals surface area contributed by atoms with Crippen molar-refractivity contribution < 1.29 is 9.53 Å². The molecule has 0 aromatic rings. The van der Waals surface area contributed by atoms with Crippen LogP contribution >= 0.6 is 0 Å². The zero-order valence-electron chi connectivity index (χ0n) is 9.95. The molecule has 0 aliphatic rings. The average molecular weight is 217 g/mol. The molecule has 0 spiro atoms. The number of nitrogens with two attached hydrogens (primary N) is 2. The minimum atomic E-state index is -0.907. The molecule has 1 atom stereocenters. The van der Waals surface area contributed by atoms with Crippen LogP contribution in [-0.4, -0.2) is 50.2 Å². The van der Waals surface area contributed by atoms with Crippen LogP contribution in [0.4, 0.5) is 0 Å². The first kappa shape index (κ1) is 14.3. The topological polar surface area (TPSA) is 81.6 Å². The Hall–Kier alpha value is -0.650. The maximum Gasteiger partial charge on any atom is 0.237 e. The summed E-state index contributed by atoms with van der Waals surface area (Å²) in [7, 11) is 3.68. The van der Waals surface area contributed by atoms with Gasteiger partial charge in [0.15, 0.2) is 0 Å². The standard InChI is InChI=1S/C10H23N3O2/c1-10(12,9(11)14)5-7-13(2)6-4-8-15-3/h4-8,12H2,1-3H3,(H2,11,14). The lowest BCUT2D eigenvalue weighted by Gasteiger charge is -2.24. The molecule has 0 saturated heterocycles. The fourth-order valence-electron chi connectivity index (χ4n) is 1.14. The Balaban J connectivity index is 3.70. The Labute approximate surface area is 91.7 Å². The molecule has 0 rings (SSSR count). The van der Waals surface area contributed by atoms with E-state index in [-0.39, 0.29) is 0 Å². The summed E-state index contributed by atoms with van der Waals surface area (Å²) in [5.41, 5.74) is 10.0. The van der Waals surface area contributed by atoms with Crippen molar-refractivity contribution in [3.05, 3.63) is 0 Å². The van der Waals surface area contributed by atoms with Gasteiger partial charge in [0.2, 0.25) is 5.91 Å². The van der Waals surface area contributed by atoms with Gasteiger partial charge in [-0.25, -0.2) is 0 Å². The van der Waals surface area contributed by atoms with Crippen LogP contribution in [-0.2, 0) is 9.53 Å². The predicted octanol–water partition coefficient (Wildman–Crippen LogP) is -0.452. The van der Waals surface area contributed by atoms with E-state index >= 15 is 0 Å². The molecular formula is C10H23N3O2. The molecule has 0 bridgehead atoms. The van der Waals surface area contributed by atoms with Gasteiger partial charge in [-0.05, 0) is 26.8 Å². The third kappa shape index (κ3) is 6.43. The van der Waals surface area contributed by atoms with Crippen LogP contribution in [0.5, 0.6) is 0 Å². The Morgan fingerprint density at radius 1 is 1.47 bits per heavy atom. The number of primary amides is 1. The molecule has 5 heteroatoms. The smallest absolute Gasteiger partial charge is 0.237 e. The van der Waals surface area contributed by atoms with Gasteiger partial charge < -0.3 is 21.1 Å². The highest BCUT2D eigenvalue weighted by Crippen LogP contribution is 2.05. The van der Waals surface area contributed by atoms with Crippen molar-refractivity contribution >= 4 is 5.91 Å². The molecule has 4 N–H and O–H groups in total. The van der Waals surface area contributed by atoms with Gasteiger partial charge >= 0.3 is 0 Å². The summed E-state index contributed by atoms with van der Waals surface area (Å²) in [4.78, 5) is 13.1. The minimum Gasteiger partial charge on any atom is -0.385 e. The molecule has 90 valence electrons. The van der Waals surface area contributed by atoms with Crippen molar-refractivity contribution in [2.45, 2.75) is 25.3 Å². The molecule has 0 aliphatic heterocycles. The van der Waals surface area contributed by atoms with Crippen LogP contribution in [0.2, 0.25) is 0 Å². The summed E-state index contributed by atoms with van der Waals surface area (Å²) in [6.45, 7) is 4.11. The minimum absolute atomic E-state index is 0.451. The number of nitrogens with zero attached hydrogens (tertiary/aromatic N) is 1. The molecule has 0 aliphatic carbocycles. The van der Waals surface area contributed by atoms with Gasteiger partial charge in [-0.15, -0.1) is 0 Å². The Bertz CT molecular complexity index is 195. The van der Waals surface area contributed by atoms with Crippen molar-refractivity contribution in [3.8, 4) is 0 Å². The van der Waals surface area contributed by atoms with Crippen molar-refractivity contribution in [1.29, 1.82) is 0 Å². The second-order valence-electron chi connectivity index (χ2n) is 4.18. The maximum absolute atomic E-state index is 11.0. The Kier molecular flexibility index (Phi) is 6.47. The molecule has 0 radical (unpaired) electrons. The van der Waals surface area contributed by atoms with Crippen LogP contribution in [0.25, 0.3) is 0 Å². The van der Waals surface area contributed by atoms with Crippen LogP contribution < -0.4 is 11.5 Å². The number of carbonyl (C=O) groups excluding carboxylic acids is 1. The SMILES string of the molecule is COCCCN(C)CCC(C)(N)C(N)=O. The van der Waals surface area contributed by atoms with Crippen molar-refractivity contribution in [3.63, 3.8) is 0 Å². The summed E-state index contributed by atoms with van der Waals surface area (Å²) in [5.74, 6) is -0.451. The van der Waals surface area contributed by atoms with E-state index in [0.29, 0.717) is 6.42 Å². The van der Waals surface area contributed by atoms with Gasteiger partial charge in [0, 0.05) is 26.8 Å². The number of ether oxygens (including phenoxy) is 1. The van der Waals surface area contributed by atoms with Crippen LogP contribution in [0.3, 0.4) is 0 Å². The van der Waals surface area contributed by atoms with E-state index < -0.39 is 11.4 Å². The molecule has 15 heavy (non-hydrogen) atoms. The largest absolute Gasteiger partial charge is 0.385 e. The summed E-state index contributed by atoms with van der Waals surface area (Å²) in [6, 6.07) is 0. The van der Waals surface area contributed by atoms with Gasteiger partial charge in [0.05, 0.1) is 5.54 Å². The first-order valence-electron chi connectivity index (χ1n) is 5.16. The summed E-state index contributed by atoms with van der Waals surface area (Å²) in [5, 5.41) is 0. The monoisotopic (exact) mass is 217 g/mol. The van der Waals surface area contributed by atoms with E-state index in [1.807, 2.05) is 7.05 Å². The van der Waals surface area contributed by atoms with Crippen molar-refractivity contribution in [2.75, 3.05) is 33.9 Å². The highest BCUT2D eigenvalue weighted by Gasteiger charge is 2.25. The van der Waals surface area contributed by atoms with Gasteiger partial charge in [-0.1, -0.05) is 0 Å². The summed E-state index contributed by atoms with van der Waals surface area (Å²) >= 11 is 0. The van der Waals surface area contributed by atoms with Gasteiger partial charge in [-0.3, -0.25) is 4.79 Å². The van der Waals surface area contributed by atoms with E-state index in [2.05, 4.69) is 4.90 Å². The molecule has 0 fully saturated rings. The molecule has 0 aromatic carbocycles. The number of amides is 1. The van der Waals surface area contributed by atoms with Gasteiger partial charge in [-0.2, -0.15) is 0 Å². The lowest BCUT2D eigenvalue weighted by Crippen LogP contribution is -2.51. The van der Waals surface area contributed by atoms with Crippen molar-refractivity contribution in [1.82, 2.24) is 4.90 Å². The third-order valence-corrected chi connectivity index (χ3v) is 2.46. The lowest BCUT2D eigenvalue weighted by atomic mass is 9.98. The second-order valence-corrected chi connectivity index (χ2v) is 4.18. The molecule has 5 nitrogen and oxygen atoms in total. The summed E-state index contributed by atoms with van der Waals surface area (Å²) in [6.07, 6.45) is 1.55. The number of rotatable bonds is 8. The van der Waals surface area contributed by atoms with Crippen LogP contribution in [0.1, 0.15) is 19.8 Å². The van der Waals surface area contributed by atoms with Crippen LogP contribution in [0, 0.1) is 0 Å². The fraction of sp³-hybridized carbons (Fsp3) is 0.900. The van der Waals surface area contributed by atoms with E-state index in [1.54, 1.807) is 14.0 Å². The van der Waals surface area contributed by atoms with Crippen LogP contribution in [0.15, 0.2) is 0 Å². The first-order chi connectivity index (χ1) is 6.90. The third-order valence-electron chi connectivity index (χ3n) is 2.46. The zero-order valence-corrected chi connectivity index (χ0v) is 9.95. The normalized spacial score (nSPS) is 15.3. The second kappa shape index (κ2) is 6.76. The first-order valence-corrected chi connectivity index (χ1v) is 5.16. The van der Waals surface area contributed by atoms with E-state index in [9.17, 15) is 4.79 Å². The molecule has 0 aromatic heterocycles. The molecule has 0 saturated carbocycles. The zero-order chi connectivity index (χ0) is 11.9. The quantitative estimate of drug-likeness (QED) is 0.539. The fourth-order valence-corrected chi connectivity index (χ4v) is 1.14. The number of hydrogen-bond donors (Lipinski definition) is 2. The van der Waals surface area contributed by atoms with Gasteiger partial charge in [0.25, 0.3) is 0 Å². The maximum atomic E-state index is 11.0. The van der Waals surface area contributed by atoms with Crippen molar-refractivity contribution in [2.24, 2.45) is 11.5 Å². The highest BCUT2D eigenvalue weighted by molar-refractivity contribution is 5.83. The number of methoxy groups -OCH3 is 1. The average Bonchev–Trinajstić information content (AvgIpc) is 2.15. The van der Waals surface area contributed by atoms with E-state index in [4.69, 9.17) is 16.2 Å². The molecule has 0 heterocycles. The molecule has 1 amide bonds. The highest BCUT2D eigenvalue weighted by atomic mass is 16.5. The Morgan fingerprint density at radius 3 is 2.53 bits per heavy atom. The molecule has 1 unspecified atom stereocenters. The lowest BCUT2D eigenvalue weighted by molar-refractivity contribution is -0.122. The number of carbonyl (C=O) groups is 1. The van der Waals surface area contributed by atoms with E-state index in [0.717, 1.165) is 26.1 Å². The van der Waals surface area contributed by atoms with E-state index in [1.165, 1.54) is 0 Å². The predicted molar refractivity (Wildman–Crippen MR) is 60.4 cm³/mol. The summed E-state index contributed by atoms with van der Waals surface area (Å²) < 4.78 is 4.95. The Morgan fingerprint density at radius 2 is 2.07 bits per heavy atom. The van der Waals surface area contributed by atoms with Gasteiger partial charge in [0.1, 0.15) is 0 Å². The number of hydrogen-bond acceptors (Lipinski definition) is 4. The molecular weight excluding hydrogens is 194 g/mol.